The highest BCUT2D eigenvalue weighted by Gasteiger charge is 2.17. The summed E-state index contributed by atoms with van der Waals surface area (Å²) in [5.74, 6) is -0.0154. The zero-order chi connectivity index (χ0) is 26.1. The van der Waals surface area contributed by atoms with Crippen LogP contribution in [0.15, 0.2) is 77.9 Å². The zero-order valence-corrected chi connectivity index (χ0v) is 20.9. The molecule has 0 aliphatic carbocycles. The number of H-pyrrole nitrogens is 1. The van der Waals surface area contributed by atoms with Crippen LogP contribution in [-0.4, -0.2) is 37.6 Å². The molecule has 0 fully saturated rings. The first-order chi connectivity index (χ1) is 17.8. The maximum atomic E-state index is 13.6. The summed E-state index contributed by atoms with van der Waals surface area (Å²) in [5, 5.41) is 18.3. The molecule has 188 valence electrons. The third kappa shape index (κ3) is 4.98. The number of halogens is 2. The quantitative estimate of drug-likeness (QED) is 0.292. The van der Waals surface area contributed by atoms with E-state index in [0.29, 0.717) is 17.0 Å². The Kier molecular flexibility index (Phi) is 6.78. The average molecular weight is 519 g/mol. The van der Waals surface area contributed by atoms with Gasteiger partial charge in [-0.3, -0.25) is 9.89 Å². The van der Waals surface area contributed by atoms with Gasteiger partial charge in [0, 0.05) is 35.5 Å². The summed E-state index contributed by atoms with van der Waals surface area (Å²) in [6, 6.07) is 16.3. The Hall–Kier alpha value is -4.01. The minimum absolute atomic E-state index is 0.0312. The van der Waals surface area contributed by atoms with E-state index < -0.39 is 11.9 Å². The minimum atomic E-state index is -0.697. The molecule has 5 rings (SSSR count). The second-order valence-electron chi connectivity index (χ2n) is 8.92. The first-order valence-electron chi connectivity index (χ1n) is 11.7. The van der Waals surface area contributed by atoms with E-state index in [1.54, 1.807) is 18.5 Å². The van der Waals surface area contributed by atoms with Crippen LogP contribution >= 0.6 is 11.6 Å². The van der Waals surface area contributed by atoms with Crippen LogP contribution in [0.4, 0.5) is 4.39 Å². The molecule has 37 heavy (non-hydrogen) atoms. The van der Waals surface area contributed by atoms with E-state index in [9.17, 15) is 14.3 Å². The maximum absolute atomic E-state index is 13.6. The third-order valence-electron chi connectivity index (χ3n) is 6.05. The van der Waals surface area contributed by atoms with E-state index in [-0.39, 0.29) is 23.3 Å². The Morgan fingerprint density at radius 3 is 2.51 bits per heavy atom. The fraction of sp³-hybridized carbons (Fsp3) is 0.179. The van der Waals surface area contributed by atoms with Gasteiger partial charge in [0.15, 0.2) is 0 Å². The number of pyridine rings is 2. The molecule has 0 saturated heterocycles. The Morgan fingerprint density at radius 2 is 1.84 bits per heavy atom. The summed E-state index contributed by atoms with van der Waals surface area (Å²) in [6.07, 6.45) is 3.37. The molecule has 3 aromatic heterocycles. The van der Waals surface area contributed by atoms with Crippen molar-refractivity contribution in [3.63, 3.8) is 0 Å². The van der Waals surface area contributed by atoms with Gasteiger partial charge < -0.3 is 14.4 Å². The second-order valence-corrected chi connectivity index (χ2v) is 9.32. The molecular weight excluding hydrogens is 495 g/mol. The predicted molar refractivity (Wildman–Crippen MR) is 141 cm³/mol. The van der Waals surface area contributed by atoms with Crippen molar-refractivity contribution in [1.82, 2.24) is 19.7 Å². The maximum Gasteiger partial charge on any atom is 0.251 e. The molecule has 0 unspecified atom stereocenters. The molecule has 0 amide bonds. The fourth-order valence-corrected chi connectivity index (χ4v) is 4.43. The second kappa shape index (κ2) is 10.2. The van der Waals surface area contributed by atoms with Crippen molar-refractivity contribution >= 4 is 22.5 Å². The molecule has 2 N–H and O–H groups in total. The van der Waals surface area contributed by atoms with Crippen LogP contribution in [0.3, 0.4) is 0 Å². The standard InChI is InChI=1S/C28H24ClFN4O3/c1-16(2)37-26-8-5-20(14-31-26)28-21-11-17(4-7-24(21)32-33-28)18-9-10-34(27(36)13-18)25(15-35)19-3-6-23(30)22(29)12-19/h3-14,16,25,35H,15H2,1-2H3,(H,32,33)/t25-/m1/s1. The Balaban J connectivity index is 1.48. The summed E-state index contributed by atoms with van der Waals surface area (Å²) >= 11 is 5.91. The number of nitrogens with zero attached hydrogens (tertiary/aromatic N) is 3. The lowest BCUT2D eigenvalue weighted by Crippen LogP contribution is -2.26. The molecule has 3 heterocycles. The van der Waals surface area contributed by atoms with Crippen molar-refractivity contribution in [2.75, 3.05) is 6.61 Å². The molecule has 0 spiro atoms. The first-order valence-corrected chi connectivity index (χ1v) is 12.1. The molecule has 0 bridgehead atoms. The number of benzene rings is 2. The smallest absolute Gasteiger partial charge is 0.251 e. The molecule has 0 saturated carbocycles. The van der Waals surface area contributed by atoms with Gasteiger partial charge in [-0.25, -0.2) is 9.37 Å². The van der Waals surface area contributed by atoms with Crippen molar-refractivity contribution in [3.05, 3.63) is 99.8 Å². The monoisotopic (exact) mass is 518 g/mol. The van der Waals surface area contributed by atoms with Crippen LogP contribution in [0.25, 0.3) is 33.3 Å². The van der Waals surface area contributed by atoms with Gasteiger partial charge >= 0.3 is 0 Å². The van der Waals surface area contributed by atoms with Crippen LogP contribution in [0.2, 0.25) is 5.02 Å². The van der Waals surface area contributed by atoms with E-state index in [4.69, 9.17) is 16.3 Å². The molecule has 7 nitrogen and oxygen atoms in total. The van der Waals surface area contributed by atoms with Gasteiger partial charge in [0.25, 0.3) is 5.56 Å². The lowest BCUT2D eigenvalue weighted by atomic mass is 10.0. The Morgan fingerprint density at radius 1 is 1.05 bits per heavy atom. The van der Waals surface area contributed by atoms with Gasteiger partial charge in [-0.15, -0.1) is 0 Å². The molecule has 9 heteroatoms. The summed E-state index contributed by atoms with van der Waals surface area (Å²) in [4.78, 5) is 17.4. The number of aromatic nitrogens is 4. The average Bonchev–Trinajstić information content (AvgIpc) is 3.31. The van der Waals surface area contributed by atoms with Crippen LogP contribution < -0.4 is 10.3 Å². The molecule has 0 aliphatic heterocycles. The first kappa shape index (κ1) is 24.7. The summed E-state index contributed by atoms with van der Waals surface area (Å²) < 4.78 is 20.6. The SMILES string of the molecule is CC(C)Oc1ccc(-c2n[nH]c3ccc(-c4ccn([C@H](CO)c5ccc(F)c(Cl)c5)c(=O)c4)cc23)cn1. The topological polar surface area (TPSA) is 93.0 Å². The van der Waals surface area contributed by atoms with Crippen molar-refractivity contribution < 1.29 is 14.2 Å². The third-order valence-corrected chi connectivity index (χ3v) is 6.34. The summed E-state index contributed by atoms with van der Waals surface area (Å²) in [5.41, 5.74) is 4.19. The number of rotatable bonds is 7. The number of hydrogen-bond donors (Lipinski definition) is 2. The van der Waals surface area contributed by atoms with Gasteiger partial charge in [0.2, 0.25) is 5.88 Å². The van der Waals surface area contributed by atoms with Gasteiger partial charge in [0.05, 0.1) is 29.3 Å². The van der Waals surface area contributed by atoms with E-state index in [0.717, 1.165) is 27.7 Å². The normalized spacial score (nSPS) is 12.3. The highest BCUT2D eigenvalue weighted by atomic mass is 35.5. The van der Waals surface area contributed by atoms with Crippen LogP contribution in [0.1, 0.15) is 25.5 Å². The minimum Gasteiger partial charge on any atom is -0.475 e. The molecule has 0 radical (unpaired) electrons. The number of aliphatic hydroxyl groups excluding tert-OH is 1. The number of aliphatic hydroxyl groups is 1. The predicted octanol–water partition coefficient (Wildman–Crippen LogP) is 5.62. The van der Waals surface area contributed by atoms with Gasteiger partial charge in [-0.1, -0.05) is 23.7 Å². The fourth-order valence-electron chi connectivity index (χ4n) is 4.25. The van der Waals surface area contributed by atoms with Crippen LogP contribution in [0.5, 0.6) is 5.88 Å². The Bertz CT molecular complexity index is 1630. The largest absolute Gasteiger partial charge is 0.475 e. The number of hydrogen-bond acceptors (Lipinski definition) is 5. The van der Waals surface area contributed by atoms with Gasteiger partial charge in [0.1, 0.15) is 11.5 Å². The summed E-state index contributed by atoms with van der Waals surface area (Å²) in [6.45, 7) is 3.54. The van der Waals surface area contributed by atoms with Crippen LogP contribution in [-0.2, 0) is 0 Å². The van der Waals surface area contributed by atoms with E-state index >= 15 is 0 Å². The van der Waals surface area contributed by atoms with E-state index in [1.165, 1.54) is 28.8 Å². The lowest BCUT2D eigenvalue weighted by molar-refractivity contribution is 0.232. The van der Waals surface area contributed by atoms with Crippen molar-refractivity contribution in [2.45, 2.75) is 26.0 Å². The van der Waals surface area contributed by atoms with Crippen molar-refractivity contribution in [3.8, 4) is 28.3 Å². The van der Waals surface area contributed by atoms with Gasteiger partial charge in [-0.05, 0) is 66.9 Å². The summed E-state index contributed by atoms with van der Waals surface area (Å²) in [7, 11) is 0. The van der Waals surface area contributed by atoms with E-state index in [2.05, 4.69) is 15.2 Å². The molecule has 1 atom stereocenters. The number of ether oxygens (including phenoxy) is 1. The number of aromatic amines is 1. The molecular formula is C28H24ClFN4O3. The van der Waals surface area contributed by atoms with Crippen molar-refractivity contribution in [2.24, 2.45) is 0 Å². The number of nitrogens with one attached hydrogen (secondary N) is 1. The highest BCUT2D eigenvalue weighted by Crippen LogP contribution is 2.31. The highest BCUT2D eigenvalue weighted by molar-refractivity contribution is 6.30. The Labute approximate surface area is 217 Å². The molecule has 5 aromatic rings. The zero-order valence-electron chi connectivity index (χ0n) is 20.2. The lowest BCUT2D eigenvalue weighted by Gasteiger charge is -2.19. The van der Waals surface area contributed by atoms with Crippen LogP contribution in [0, 0.1) is 5.82 Å². The van der Waals surface area contributed by atoms with Crippen molar-refractivity contribution in [1.29, 1.82) is 0 Å². The van der Waals surface area contributed by atoms with Gasteiger partial charge in [-0.2, -0.15) is 5.10 Å². The number of fused-ring (bicyclic) bond motifs is 1. The molecule has 2 aromatic carbocycles. The van der Waals surface area contributed by atoms with E-state index in [1.807, 2.05) is 44.2 Å². The molecule has 0 aliphatic rings.